The maximum Gasteiger partial charge on any atom is 0.310 e. The third kappa shape index (κ3) is 4.01. The van der Waals surface area contributed by atoms with Crippen molar-refractivity contribution in [1.82, 2.24) is 25.1 Å². The van der Waals surface area contributed by atoms with Gasteiger partial charge in [0.05, 0.1) is 24.3 Å². The van der Waals surface area contributed by atoms with Crippen molar-refractivity contribution in [3.05, 3.63) is 0 Å². The number of esters is 1. The number of carbonyl (C=O) groups is 2. The van der Waals surface area contributed by atoms with Crippen LogP contribution in [0.2, 0.25) is 0 Å². The molecule has 0 aromatic carbocycles. The minimum Gasteiger partial charge on any atom is -0.466 e. The van der Waals surface area contributed by atoms with Gasteiger partial charge in [0, 0.05) is 13.1 Å². The monoisotopic (exact) mass is 339 g/mol. The Hall–Kier alpha value is -1.64. The number of thioether (sulfide) groups is 1. The molecule has 1 saturated heterocycles. The van der Waals surface area contributed by atoms with Crippen molar-refractivity contribution in [3.8, 4) is 0 Å². The van der Waals surface area contributed by atoms with Crippen molar-refractivity contribution < 1.29 is 14.3 Å². The van der Waals surface area contributed by atoms with E-state index in [-0.39, 0.29) is 17.8 Å². The lowest BCUT2D eigenvalue weighted by molar-refractivity contribution is -0.151. The highest BCUT2D eigenvalue weighted by Gasteiger charge is 2.31. The van der Waals surface area contributed by atoms with Gasteiger partial charge in [-0.3, -0.25) is 9.59 Å². The molecule has 0 N–H and O–H groups in total. The van der Waals surface area contributed by atoms with Gasteiger partial charge in [-0.2, -0.15) is 0 Å². The fraction of sp³-hybridized carbons (Fsp3) is 0.786. The first kappa shape index (κ1) is 16.2. The Balaban J connectivity index is 1.51. The molecule has 0 spiro atoms. The molecule has 0 unspecified atom stereocenters. The normalized spacial score (nSPS) is 21.3. The highest BCUT2D eigenvalue weighted by atomic mass is 32.2. The Morgan fingerprint density at radius 2 is 2.17 bits per heavy atom. The Bertz CT molecular complexity index is 575. The van der Waals surface area contributed by atoms with Gasteiger partial charge in [-0.15, -0.1) is 5.10 Å². The second kappa shape index (κ2) is 7.29. The molecule has 2 aliphatic rings. The lowest BCUT2D eigenvalue weighted by Gasteiger charge is -2.31. The second-order valence-corrected chi connectivity index (χ2v) is 6.80. The number of nitrogens with zero attached hydrogens (tertiary/aromatic N) is 5. The molecule has 1 atom stereocenters. The van der Waals surface area contributed by atoms with Crippen molar-refractivity contribution in [3.63, 3.8) is 0 Å². The highest BCUT2D eigenvalue weighted by Crippen LogP contribution is 2.36. The van der Waals surface area contributed by atoms with Gasteiger partial charge >= 0.3 is 5.97 Å². The Labute approximate surface area is 138 Å². The largest absolute Gasteiger partial charge is 0.466 e. The van der Waals surface area contributed by atoms with E-state index in [1.807, 2.05) is 0 Å². The zero-order valence-electron chi connectivity index (χ0n) is 13.2. The predicted octanol–water partition coefficient (Wildman–Crippen LogP) is 0.902. The number of amides is 1. The minimum atomic E-state index is -0.200. The molecular formula is C14H21N5O3S. The lowest BCUT2D eigenvalue weighted by atomic mass is 9.98. The van der Waals surface area contributed by atoms with Crippen molar-refractivity contribution in [2.75, 3.05) is 25.4 Å². The number of hydrogen-bond donors (Lipinski definition) is 0. The third-order valence-electron chi connectivity index (χ3n) is 4.07. The lowest BCUT2D eigenvalue weighted by Crippen LogP contribution is -2.43. The van der Waals surface area contributed by atoms with Gasteiger partial charge in [-0.1, -0.05) is 11.8 Å². The Kier molecular flexibility index (Phi) is 5.14. The SMILES string of the molecule is CCOC(=O)[C@@H]1CCCN(C(=O)CSc2nnnn2C2CC2)C1. The second-order valence-electron chi connectivity index (χ2n) is 5.86. The summed E-state index contributed by atoms with van der Waals surface area (Å²) in [6.45, 7) is 3.32. The zero-order valence-corrected chi connectivity index (χ0v) is 14.0. The summed E-state index contributed by atoms with van der Waals surface area (Å²) in [7, 11) is 0. The molecule has 1 aromatic heterocycles. The number of ether oxygens (including phenoxy) is 1. The van der Waals surface area contributed by atoms with Crippen LogP contribution in [0.15, 0.2) is 5.16 Å². The number of carbonyl (C=O) groups excluding carboxylic acids is 2. The molecule has 8 nitrogen and oxygen atoms in total. The summed E-state index contributed by atoms with van der Waals surface area (Å²) >= 11 is 1.36. The van der Waals surface area contributed by atoms with E-state index < -0.39 is 0 Å². The van der Waals surface area contributed by atoms with Gasteiger partial charge in [-0.25, -0.2) is 4.68 Å². The summed E-state index contributed by atoms with van der Waals surface area (Å²) < 4.78 is 6.87. The molecule has 0 radical (unpaired) electrons. The molecule has 3 rings (SSSR count). The average molecular weight is 339 g/mol. The van der Waals surface area contributed by atoms with Crippen LogP contribution in [0.3, 0.4) is 0 Å². The van der Waals surface area contributed by atoms with Gasteiger partial charge < -0.3 is 9.64 Å². The molecule has 1 aliphatic heterocycles. The zero-order chi connectivity index (χ0) is 16.2. The van der Waals surface area contributed by atoms with Crippen LogP contribution in [-0.4, -0.2) is 62.4 Å². The van der Waals surface area contributed by atoms with Crippen molar-refractivity contribution in [2.45, 2.75) is 43.8 Å². The summed E-state index contributed by atoms with van der Waals surface area (Å²) in [6.07, 6.45) is 3.81. The van der Waals surface area contributed by atoms with Crippen molar-refractivity contribution >= 4 is 23.6 Å². The van der Waals surface area contributed by atoms with Crippen LogP contribution >= 0.6 is 11.8 Å². The van der Waals surface area contributed by atoms with Gasteiger partial charge in [0.2, 0.25) is 11.1 Å². The number of aromatic nitrogens is 4. The van der Waals surface area contributed by atoms with Crippen LogP contribution in [-0.2, 0) is 14.3 Å². The van der Waals surface area contributed by atoms with E-state index in [0.29, 0.717) is 36.6 Å². The molecule has 2 heterocycles. The summed E-state index contributed by atoms with van der Waals surface area (Å²) in [5.74, 6) is -0.0815. The Morgan fingerprint density at radius 1 is 1.35 bits per heavy atom. The van der Waals surface area contributed by atoms with Gasteiger partial charge in [0.15, 0.2) is 0 Å². The van der Waals surface area contributed by atoms with Crippen molar-refractivity contribution in [1.29, 1.82) is 0 Å². The van der Waals surface area contributed by atoms with Crippen LogP contribution < -0.4 is 0 Å². The van der Waals surface area contributed by atoms with Crippen LogP contribution in [0.25, 0.3) is 0 Å². The fourth-order valence-corrected chi connectivity index (χ4v) is 3.55. The summed E-state index contributed by atoms with van der Waals surface area (Å²) in [5.41, 5.74) is 0. The van der Waals surface area contributed by atoms with Gasteiger partial charge in [0.1, 0.15) is 0 Å². The molecule has 1 aromatic rings. The van der Waals surface area contributed by atoms with Crippen LogP contribution in [0.1, 0.15) is 38.6 Å². The van der Waals surface area contributed by atoms with E-state index in [0.717, 1.165) is 25.7 Å². The average Bonchev–Trinajstić information content (AvgIpc) is 3.31. The summed E-state index contributed by atoms with van der Waals surface area (Å²) in [5, 5.41) is 12.3. The molecule has 1 saturated carbocycles. The quantitative estimate of drug-likeness (QED) is 0.562. The molecule has 23 heavy (non-hydrogen) atoms. The van der Waals surface area contributed by atoms with E-state index >= 15 is 0 Å². The maximum atomic E-state index is 12.4. The molecule has 9 heteroatoms. The highest BCUT2D eigenvalue weighted by molar-refractivity contribution is 7.99. The first-order valence-corrected chi connectivity index (χ1v) is 9.02. The van der Waals surface area contributed by atoms with E-state index in [4.69, 9.17) is 4.74 Å². The van der Waals surface area contributed by atoms with Gasteiger partial charge in [0.25, 0.3) is 0 Å². The molecule has 2 fully saturated rings. The first-order chi connectivity index (χ1) is 11.2. The topological polar surface area (TPSA) is 90.2 Å². The molecular weight excluding hydrogens is 318 g/mol. The predicted molar refractivity (Wildman–Crippen MR) is 82.7 cm³/mol. The number of likely N-dealkylation sites (tertiary alicyclic amines) is 1. The summed E-state index contributed by atoms with van der Waals surface area (Å²) in [6, 6.07) is 0.394. The fourth-order valence-electron chi connectivity index (χ4n) is 2.70. The smallest absolute Gasteiger partial charge is 0.310 e. The molecule has 126 valence electrons. The minimum absolute atomic E-state index is 0.0225. The molecule has 1 aliphatic carbocycles. The number of hydrogen-bond acceptors (Lipinski definition) is 7. The van der Waals surface area contributed by atoms with Crippen LogP contribution in [0.4, 0.5) is 0 Å². The third-order valence-corrected chi connectivity index (χ3v) is 4.99. The van der Waals surface area contributed by atoms with E-state index in [1.54, 1.807) is 16.5 Å². The van der Waals surface area contributed by atoms with E-state index in [9.17, 15) is 9.59 Å². The van der Waals surface area contributed by atoms with Crippen molar-refractivity contribution in [2.24, 2.45) is 5.92 Å². The summed E-state index contributed by atoms with van der Waals surface area (Å²) in [4.78, 5) is 26.0. The number of piperidine rings is 1. The van der Waals surface area contributed by atoms with Gasteiger partial charge in [-0.05, 0) is 43.0 Å². The molecule has 1 amide bonds. The Morgan fingerprint density at radius 3 is 2.91 bits per heavy atom. The van der Waals surface area contributed by atoms with E-state index in [1.165, 1.54) is 11.8 Å². The molecule has 0 bridgehead atoms. The number of rotatable bonds is 6. The standard InChI is InChI=1S/C14H21N5O3S/c1-2-22-13(21)10-4-3-7-18(8-10)12(20)9-23-14-15-16-17-19(14)11-5-6-11/h10-11H,2-9H2,1H3/t10-/m1/s1. The van der Waals surface area contributed by atoms with Crippen LogP contribution in [0, 0.1) is 5.92 Å². The van der Waals surface area contributed by atoms with Crippen LogP contribution in [0.5, 0.6) is 0 Å². The van der Waals surface area contributed by atoms with E-state index in [2.05, 4.69) is 15.5 Å². The maximum absolute atomic E-state index is 12.4. The first-order valence-electron chi connectivity index (χ1n) is 8.04. The number of tetrazole rings is 1.